The van der Waals surface area contributed by atoms with Crippen LogP contribution in [0.15, 0.2) is 36.4 Å². The first kappa shape index (κ1) is 13.4. The Balaban J connectivity index is 2.22. The molecular formula is C12H11N5O3. The van der Waals surface area contributed by atoms with Gasteiger partial charge in [-0.3, -0.25) is 14.9 Å². The second-order valence-corrected chi connectivity index (χ2v) is 3.98. The molecule has 0 radical (unpaired) electrons. The van der Waals surface area contributed by atoms with Crippen LogP contribution in [-0.4, -0.2) is 28.1 Å². The Morgan fingerprint density at radius 2 is 1.85 bits per heavy atom. The summed E-state index contributed by atoms with van der Waals surface area (Å²) >= 11 is 0. The number of carbonyl (C=O) groups excluding carboxylic acids is 1. The molecule has 8 nitrogen and oxygen atoms in total. The Bertz CT molecular complexity index is 639. The molecule has 0 aliphatic carbocycles. The summed E-state index contributed by atoms with van der Waals surface area (Å²) < 4.78 is 0. The highest BCUT2D eigenvalue weighted by Crippen LogP contribution is 2.19. The van der Waals surface area contributed by atoms with E-state index in [-0.39, 0.29) is 23.1 Å². The summed E-state index contributed by atoms with van der Waals surface area (Å²) in [6, 6.07) is 8.57. The van der Waals surface area contributed by atoms with Crippen molar-refractivity contribution < 1.29 is 9.72 Å². The minimum atomic E-state index is -0.503. The fourth-order valence-electron chi connectivity index (χ4n) is 1.54. The Kier molecular flexibility index (Phi) is 3.56. The first-order valence-electron chi connectivity index (χ1n) is 5.61. The molecule has 2 aromatic rings. The molecule has 20 heavy (non-hydrogen) atoms. The number of nitrogens with zero attached hydrogens (tertiary/aromatic N) is 4. The molecule has 0 fully saturated rings. The van der Waals surface area contributed by atoms with Gasteiger partial charge in [-0.25, -0.2) is 0 Å². The molecule has 8 heteroatoms. The van der Waals surface area contributed by atoms with Crippen LogP contribution in [0, 0.1) is 10.1 Å². The van der Waals surface area contributed by atoms with Crippen molar-refractivity contribution in [2.45, 2.75) is 0 Å². The molecular weight excluding hydrogens is 262 g/mol. The summed E-state index contributed by atoms with van der Waals surface area (Å²) in [5.41, 5.74) is 6.01. The summed E-state index contributed by atoms with van der Waals surface area (Å²) in [5.74, 6) is -0.161. The summed E-state index contributed by atoms with van der Waals surface area (Å²) in [6.45, 7) is 0. The van der Waals surface area contributed by atoms with Crippen molar-refractivity contribution in [3.05, 3.63) is 52.2 Å². The number of hydrogen-bond acceptors (Lipinski definition) is 6. The lowest BCUT2D eigenvalue weighted by Crippen LogP contribution is -2.27. The molecule has 1 amide bonds. The molecule has 1 heterocycles. The van der Waals surface area contributed by atoms with Crippen LogP contribution in [0.25, 0.3) is 0 Å². The zero-order chi connectivity index (χ0) is 14.7. The highest BCUT2D eigenvalue weighted by molar-refractivity contribution is 6.04. The molecule has 2 rings (SSSR count). The van der Waals surface area contributed by atoms with Crippen LogP contribution in [0.4, 0.5) is 17.2 Å². The summed E-state index contributed by atoms with van der Waals surface area (Å²) in [5, 5.41) is 17.9. The topological polar surface area (TPSA) is 115 Å². The Labute approximate surface area is 114 Å². The van der Waals surface area contributed by atoms with Crippen LogP contribution >= 0.6 is 0 Å². The highest BCUT2D eigenvalue weighted by atomic mass is 16.6. The fourth-order valence-corrected chi connectivity index (χ4v) is 1.54. The van der Waals surface area contributed by atoms with Crippen LogP contribution in [0.5, 0.6) is 0 Å². The molecule has 0 aliphatic heterocycles. The van der Waals surface area contributed by atoms with Gasteiger partial charge in [-0.15, -0.1) is 10.2 Å². The number of carbonyl (C=O) groups is 1. The van der Waals surface area contributed by atoms with Gasteiger partial charge in [0.15, 0.2) is 5.69 Å². The number of anilines is 2. The minimum Gasteiger partial charge on any atom is -0.382 e. The van der Waals surface area contributed by atoms with E-state index in [1.807, 2.05) is 0 Å². The normalized spacial score (nSPS) is 10.1. The van der Waals surface area contributed by atoms with Crippen molar-refractivity contribution in [3.63, 3.8) is 0 Å². The van der Waals surface area contributed by atoms with E-state index in [0.29, 0.717) is 5.69 Å². The number of rotatable bonds is 3. The van der Waals surface area contributed by atoms with Gasteiger partial charge in [0.1, 0.15) is 5.82 Å². The predicted octanol–water partition coefficient (Wildman–Crippen LogP) is 1.24. The molecule has 0 aliphatic rings. The van der Waals surface area contributed by atoms with Crippen molar-refractivity contribution in [2.24, 2.45) is 0 Å². The number of hydrogen-bond donors (Lipinski definition) is 1. The Hall–Kier alpha value is -3.03. The monoisotopic (exact) mass is 273 g/mol. The molecule has 0 bridgehead atoms. The average Bonchev–Trinajstić information content (AvgIpc) is 2.46. The van der Waals surface area contributed by atoms with E-state index in [4.69, 9.17) is 5.73 Å². The van der Waals surface area contributed by atoms with Gasteiger partial charge in [-0.05, 0) is 24.3 Å². The number of amides is 1. The van der Waals surface area contributed by atoms with Gasteiger partial charge in [0.2, 0.25) is 0 Å². The maximum absolute atomic E-state index is 12.1. The summed E-state index contributed by atoms with van der Waals surface area (Å²) in [4.78, 5) is 23.5. The quantitative estimate of drug-likeness (QED) is 0.664. The summed E-state index contributed by atoms with van der Waals surface area (Å²) in [6.07, 6.45) is 0. The number of nitrogens with two attached hydrogens (primary N) is 1. The van der Waals surface area contributed by atoms with Crippen molar-refractivity contribution >= 4 is 23.1 Å². The lowest BCUT2D eigenvalue weighted by molar-refractivity contribution is -0.384. The third-order valence-corrected chi connectivity index (χ3v) is 2.66. The molecule has 0 saturated carbocycles. The van der Waals surface area contributed by atoms with Gasteiger partial charge in [-0.2, -0.15) is 0 Å². The van der Waals surface area contributed by atoms with Gasteiger partial charge in [0.05, 0.1) is 4.92 Å². The van der Waals surface area contributed by atoms with Crippen molar-refractivity contribution in [2.75, 3.05) is 17.7 Å². The lowest BCUT2D eigenvalue weighted by Gasteiger charge is -2.16. The standard InChI is InChI=1S/C12H11N5O3/c1-16(8-2-4-9(5-3-8)17(19)20)12(18)10-6-7-11(13)15-14-10/h2-7H,1H3,(H2,13,15). The van der Waals surface area contributed by atoms with Crippen molar-refractivity contribution in [1.29, 1.82) is 0 Å². The molecule has 0 spiro atoms. The van der Waals surface area contributed by atoms with E-state index >= 15 is 0 Å². The van der Waals surface area contributed by atoms with Crippen LogP contribution < -0.4 is 10.6 Å². The number of nitrogen functional groups attached to an aromatic ring is 1. The number of aromatic nitrogens is 2. The molecule has 0 unspecified atom stereocenters. The largest absolute Gasteiger partial charge is 0.382 e. The van der Waals surface area contributed by atoms with Crippen molar-refractivity contribution in [3.8, 4) is 0 Å². The number of benzene rings is 1. The van der Waals surface area contributed by atoms with Crippen LogP contribution in [-0.2, 0) is 0 Å². The second-order valence-electron chi connectivity index (χ2n) is 3.98. The van der Waals surface area contributed by atoms with Crippen LogP contribution in [0.3, 0.4) is 0 Å². The smallest absolute Gasteiger partial charge is 0.278 e. The first-order valence-corrected chi connectivity index (χ1v) is 5.61. The van der Waals surface area contributed by atoms with Gasteiger partial charge in [0, 0.05) is 24.9 Å². The van der Waals surface area contributed by atoms with E-state index in [0.717, 1.165) is 0 Å². The number of nitro groups is 1. The van der Waals surface area contributed by atoms with Crippen LogP contribution in [0.1, 0.15) is 10.5 Å². The predicted molar refractivity (Wildman–Crippen MR) is 72.3 cm³/mol. The molecule has 0 saturated heterocycles. The lowest BCUT2D eigenvalue weighted by atomic mass is 10.2. The molecule has 1 aromatic carbocycles. The third-order valence-electron chi connectivity index (χ3n) is 2.66. The molecule has 2 N–H and O–H groups in total. The molecule has 1 aromatic heterocycles. The van der Waals surface area contributed by atoms with E-state index in [9.17, 15) is 14.9 Å². The second kappa shape index (κ2) is 5.31. The van der Waals surface area contributed by atoms with Gasteiger partial charge in [0.25, 0.3) is 11.6 Å². The zero-order valence-corrected chi connectivity index (χ0v) is 10.6. The SMILES string of the molecule is CN(C(=O)c1ccc(N)nn1)c1ccc([N+](=O)[O-])cc1. The Morgan fingerprint density at radius 1 is 1.20 bits per heavy atom. The number of nitro benzene ring substituents is 1. The highest BCUT2D eigenvalue weighted by Gasteiger charge is 2.16. The molecule has 0 atom stereocenters. The minimum absolute atomic E-state index is 0.0399. The number of non-ortho nitro benzene ring substituents is 1. The maximum Gasteiger partial charge on any atom is 0.278 e. The van der Waals surface area contributed by atoms with Gasteiger partial charge >= 0.3 is 0 Å². The summed E-state index contributed by atoms with van der Waals surface area (Å²) in [7, 11) is 1.54. The third kappa shape index (κ3) is 2.69. The van der Waals surface area contributed by atoms with Crippen LogP contribution in [0.2, 0.25) is 0 Å². The van der Waals surface area contributed by atoms with Gasteiger partial charge in [-0.1, -0.05) is 0 Å². The zero-order valence-electron chi connectivity index (χ0n) is 10.6. The Morgan fingerprint density at radius 3 is 2.35 bits per heavy atom. The van der Waals surface area contributed by atoms with E-state index in [1.165, 1.54) is 41.3 Å². The fraction of sp³-hybridized carbons (Fsp3) is 0.0833. The van der Waals surface area contributed by atoms with E-state index < -0.39 is 4.92 Å². The maximum atomic E-state index is 12.1. The van der Waals surface area contributed by atoms with Crippen molar-refractivity contribution in [1.82, 2.24) is 10.2 Å². The van der Waals surface area contributed by atoms with E-state index in [1.54, 1.807) is 7.05 Å². The average molecular weight is 273 g/mol. The van der Waals surface area contributed by atoms with Gasteiger partial charge < -0.3 is 10.6 Å². The first-order chi connectivity index (χ1) is 9.49. The molecule has 102 valence electrons. The van der Waals surface area contributed by atoms with E-state index in [2.05, 4.69) is 10.2 Å².